The van der Waals surface area contributed by atoms with Gasteiger partial charge in [-0.25, -0.2) is 17.7 Å². The Morgan fingerprint density at radius 3 is 2.07 bits per heavy atom. The summed E-state index contributed by atoms with van der Waals surface area (Å²) in [5, 5.41) is 2.79. The molecule has 1 heterocycles. The Balaban J connectivity index is 2.08. The molecule has 8 heteroatoms. The first-order valence-corrected chi connectivity index (χ1v) is 10.8. The summed E-state index contributed by atoms with van der Waals surface area (Å²) < 4.78 is 25.3. The minimum atomic E-state index is -3.51. The van der Waals surface area contributed by atoms with E-state index < -0.39 is 10.0 Å². The van der Waals surface area contributed by atoms with Crippen LogP contribution in [0.1, 0.15) is 37.0 Å². The number of amides is 1. The molecule has 0 unspecified atom stereocenters. The highest BCUT2D eigenvalue weighted by molar-refractivity contribution is 7.89. The predicted molar refractivity (Wildman–Crippen MR) is 112 cm³/mol. The third-order valence-electron chi connectivity index (χ3n) is 4.21. The Labute approximate surface area is 167 Å². The zero-order chi connectivity index (χ0) is 20.7. The van der Waals surface area contributed by atoms with Crippen molar-refractivity contribution in [2.75, 3.05) is 37.4 Å². The highest BCUT2D eigenvalue weighted by Crippen LogP contribution is 2.17. The summed E-state index contributed by atoms with van der Waals surface area (Å²) in [5.41, 5.74) is 0.965. The van der Waals surface area contributed by atoms with E-state index in [2.05, 4.69) is 29.0 Å². The maximum absolute atomic E-state index is 12.4. The van der Waals surface area contributed by atoms with Crippen LogP contribution >= 0.6 is 0 Å². The molecule has 1 N–H and O–H groups in total. The van der Waals surface area contributed by atoms with Gasteiger partial charge in [0.2, 0.25) is 10.0 Å². The molecular weight excluding hydrogens is 376 g/mol. The van der Waals surface area contributed by atoms with Gasteiger partial charge >= 0.3 is 0 Å². The number of sulfonamides is 1. The van der Waals surface area contributed by atoms with E-state index in [1.54, 1.807) is 6.20 Å². The first-order chi connectivity index (χ1) is 13.3. The van der Waals surface area contributed by atoms with Crippen LogP contribution in [0.3, 0.4) is 0 Å². The second-order valence-corrected chi connectivity index (χ2v) is 8.81. The van der Waals surface area contributed by atoms with Crippen molar-refractivity contribution in [3.05, 3.63) is 48.2 Å². The normalized spacial score (nSPS) is 11.5. The van der Waals surface area contributed by atoms with Crippen molar-refractivity contribution in [1.29, 1.82) is 0 Å². The SMILES string of the molecule is CCCN(CCC)c1ccc(NC(=O)c2ccc(S(=O)(=O)N(C)C)cc2)cn1. The van der Waals surface area contributed by atoms with Crippen LogP contribution < -0.4 is 10.2 Å². The van der Waals surface area contributed by atoms with Gasteiger partial charge in [0.15, 0.2) is 0 Å². The summed E-state index contributed by atoms with van der Waals surface area (Å²) in [7, 11) is -0.580. The van der Waals surface area contributed by atoms with E-state index >= 15 is 0 Å². The number of anilines is 2. The van der Waals surface area contributed by atoms with Crippen molar-refractivity contribution in [3.8, 4) is 0 Å². The Kier molecular flexibility index (Phi) is 7.53. The van der Waals surface area contributed by atoms with E-state index in [-0.39, 0.29) is 10.8 Å². The molecule has 2 rings (SSSR count). The molecular formula is C20H28N4O3S. The number of nitrogens with zero attached hydrogens (tertiary/aromatic N) is 3. The van der Waals surface area contributed by atoms with Crippen LogP contribution in [0.15, 0.2) is 47.5 Å². The highest BCUT2D eigenvalue weighted by Gasteiger charge is 2.17. The van der Waals surface area contributed by atoms with Gasteiger partial charge in [-0.2, -0.15) is 0 Å². The molecule has 0 saturated carbocycles. The monoisotopic (exact) mass is 404 g/mol. The van der Waals surface area contributed by atoms with Crippen LogP contribution in [0, 0.1) is 0 Å². The average Bonchev–Trinajstić information content (AvgIpc) is 2.68. The number of pyridine rings is 1. The minimum absolute atomic E-state index is 0.145. The summed E-state index contributed by atoms with van der Waals surface area (Å²) in [5.74, 6) is 0.572. The third-order valence-corrected chi connectivity index (χ3v) is 6.04. The molecule has 0 radical (unpaired) electrons. The van der Waals surface area contributed by atoms with E-state index in [4.69, 9.17) is 0 Å². The van der Waals surface area contributed by atoms with Crippen molar-refractivity contribution < 1.29 is 13.2 Å². The van der Waals surface area contributed by atoms with Gasteiger partial charge in [-0.15, -0.1) is 0 Å². The molecule has 0 aliphatic rings. The fourth-order valence-electron chi connectivity index (χ4n) is 2.72. The minimum Gasteiger partial charge on any atom is -0.357 e. The number of carbonyl (C=O) groups is 1. The molecule has 0 atom stereocenters. The second kappa shape index (κ2) is 9.66. The Bertz CT molecular complexity index is 873. The van der Waals surface area contributed by atoms with Crippen molar-refractivity contribution in [2.24, 2.45) is 0 Å². The smallest absolute Gasteiger partial charge is 0.255 e. The van der Waals surface area contributed by atoms with Gasteiger partial charge in [0.25, 0.3) is 5.91 Å². The van der Waals surface area contributed by atoms with Gasteiger partial charge < -0.3 is 10.2 Å². The summed E-state index contributed by atoms with van der Waals surface area (Å²) in [6.07, 6.45) is 3.72. The molecule has 2 aromatic rings. The first kappa shape index (κ1) is 21.8. The van der Waals surface area contributed by atoms with E-state index in [1.165, 1.54) is 38.4 Å². The third kappa shape index (κ3) is 5.30. The van der Waals surface area contributed by atoms with Gasteiger partial charge in [-0.1, -0.05) is 13.8 Å². The number of carbonyl (C=O) groups excluding carboxylic acids is 1. The van der Waals surface area contributed by atoms with Crippen molar-refractivity contribution in [3.63, 3.8) is 0 Å². The van der Waals surface area contributed by atoms with Crippen LogP contribution in [0.2, 0.25) is 0 Å². The number of rotatable bonds is 9. The van der Waals surface area contributed by atoms with Gasteiger partial charge in [0, 0.05) is 32.7 Å². The lowest BCUT2D eigenvalue weighted by Crippen LogP contribution is -2.25. The molecule has 0 aliphatic carbocycles. The summed E-state index contributed by atoms with van der Waals surface area (Å²) in [6, 6.07) is 9.57. The summed E-state index contributed by atoms with van der Waals surface area (Å²) in [4.78, 5) is 19.2. The summed E-state index contributed by atoms with van der Waals surface area (Å²) >= 11 is 0. The number of benzene rings is 1. The first-order valence-electron chi connectivity index (χ1n) is 9.34. The number of hydrogen-bond acceptors (Lipinski definition) is 5. The van der Waals surface area contributed by atoms with Crippen LogP contribution in [-0.4, -0.2) is 50.8 Å². The van der Waals surface area contributed by atoms with Crippen LogP contribution in [0.5, 0.6) is 0 Å². The Hall–Kier alpha value is -2.45. The molecule has 1 aromatic carbocycles. The zero-order valence-corrected chi connectivity index (χ0v) is 17.7. The second-order valence-electron chi connectivity index (χ2n) is 6.66. The molecule has 0 bridgehead atoms. The average molecular weight is 405 g/mol. The summed E-state index contributed by atoms with van der Waals surface area (Å²) in [6.45, 7) is 6.14. The molecule has 0 saturated heterocycles. The molecule has 7 nitrogen and oxygen atoms in total. The fourth-order valence-corrected chi connectivity index (χ4v) is 3.62. The van der Waals surface area contributed by atoms with Gasteiger partial charge in [-0.3, -0.25) is 4.79 Å². The highest BCUT2D eigenvalue weighted by atomic mass is 32.2. The molecule has 0 fully saturated rings. The topological polar surface area (TPSA) is 82.6 Å². The Morgan fingerprint density at radius 1 is 1.00 bits per heavy atom. The lowest BCUT2D eigenvalue weighted by Gasteiger charge is -2.22. The van der Waals surface area contributed by atoms with E-state index in [0.29, 0.717) is 11.3 Å². The maximum Gasteiger partial charge on any atom is 0.255 e. The van der Waals surface area contributed by atoms with Crippen molar-refractivity contribution in [2.45, 2.75) is 31.6 Å². The van der Waals surface area contributed by atoms with Gasteiger partial charge in [0.1, 0.15) is 5.82 Å². The number of nitrogens with one attached hydrogen (secondary N) is 1. The van der Waals surface area contributed by atoms with Crippen LogP contribution in [0.4, 0.5) is 11.5 Å². The van der Waals surface area contributed by atoms with Crippen LogP contribution in [0.25, 0.3) is 0 Å². The largest absolute Gasteiger partial charge is 0.357 e. The molecule has 28 heavy (non-hydrogen) atoms. The van der Waals surface area contributed by atoms with E-state index in [1.807, 2.05) is 12.1 Å². The Morgan fingerprint density at radius 2 is 1.61 bits per heavy atom. The molecule has 0 spiro atoms. The van der Waals surface area contributed by atoms with E-state index in [9.17, 15) is 13.2 Å². The quantitative estimate of drug-likeness (QED) is 0.694. The molecule has 152 valence electrons. The van der Waals surface area contributed by atoms with Crippen molar-refractivity contribution in [1.82, 2.24) is 9.29 Å². The van der Waals surface area contributed by atoms with Crippen molar-refractivity contribution >= 4 is 27.4 Å². The van der Waals surface area contributed by atoms with Gasteiger partial charge in [0.05, 0.1) is 16.8 Å². The molecule has 1 aromatic heterocycles. The zero-order valence-electron chi connectivity index (χ0n) is 16.8. The number of hydrogen-bond donors (Lipinski definition) is 1. The maximum atomic E-state index is 12.4. The lowest BCUT2D eigenvalue weighted by molar-refractivity contribution is 0.102. The lowest BCUT2D eigenvalue weighted by atomic mass is 10.2. The van der Waals surface area contributed by atoms with Gasteiger partial charge in [-0.05, 0) is 49.2 Å². The predicted octanol–water partition coefficient (Wildman–Crippen LogP) is 3.21. The fraction of sp³-hybridized carbons (Fsp3) is 0.400. The standard InChI is InChI=1S/C20H28N4O3S/c1-5-13-24(14-6-2)19-12-9-17(15-21-19)22-20(25)16-7-10-18(11-8-16)28(26,27)23(3)4/h7-12,15H,5-6,13-14H2,1-4H3,(H,22,25). The number of aromatic nitrogens is 1. The van der Waals surface area contributed by atoms with Crippen LogP contribution in [-0.2, 0) is 10.0 Å². The molecule has 1 amide bonds. The van der Waals surface area contributed by atoms with E-state index in [0.717, 1.165) is 36.1 Å². The molecule has 0 aliphatic heterocycles.